The summed E-state index contributed by atoms with van der Waals surface area (Å²) in [4.78, 5) is 24.6. The molecule has 1 aliphatic rings. The number of benzene rings is 2. The van der Waals surface area contributed by atoms with Gasteiger partial charge in [0.25, 0.3) is 5.91 Å². The van der Waals surface area contributed by atoms with E-state index in [1.165, 1.54) is 24.3 Å². The fourth-order valence-electron chi connectivity index (χ4n) is 3.02. The molecular formula is C19H17Cl3N2O5S. The van der Waals surface area contributed by atoms with Crippen molar-refractivity contribution in [2.45, 2.75) is 23.8 Å². The highest BCUT2D eigenvalue weighted by molar-refractivity contribution is 7.89. The smallest absolute Gasteiger partial charge is 0.324 e. The molecule has 1 fully saturated rings. The Morgan fingerprint density at radius 2 is 1.80 bits per heavy atom. The Hall–Kier alpha value is -1.84. The Morgan fingerprint density at radius 1 is 1.10 bits per heavy atom. The number of carbonyl (C=O) groups excluding carboxylic acids is 2. The van der Waals surface area contributed by atoms with Gasteiger partial charge in [0.2, 0.25) is 10.0 Å². The molecule has 0 saturated carbocycles. The van der Waals surface area contributed by atoms with Gasteiger partial charge in [-0.2, -0.15) is 4.31 Å². The van der Waals surface area contributed by atoms with Crippen LogP contribution < -0.4 is 5.32 Å². The molecule has 0 unspecified atom stereocenters. The van der Waals surface area contributed by atoms with Crippen LogP contribution in [0, 0.1) is 0 Å². The topological polar surface area (TPSA) is 92.8 Å². The van der Waals surface area contributed by atoms with Crippen LogP contribution in [-0.2, 0) is 24.3 Å². The van der Waals surface area contributed by atoms with Gasteiger partial charge in [-0.3, -0.25) is 9.59 Å². The Kier molecular flexibility index (Phi) is 7.26. The van der Waals surface area contributed by atoms with Gasteiger partial charge in [-0.15, -0.1) is 0 Å². The highest BCUT2D eigenvalue weighted by atomic mass is 35.5. The van der Waals surface area contributed by atoms with Crippen LogP contribution in [0.2, 0.25) is 15.1 Å². The normalized spacial score (nSPS) is 17.0. The molecule has 30 heavy (non-hydrogen) atoms. The largest absolute Gasteiger partial charge is 0.454 e. The number of carbonyl (C=O) groups is 2. The molecule has 2 aromatic rings. The van der Waals surface area contributed by atoms with E-state index in [9.17, 15) is 18.0 Å². The number of nitrogens with zero attached hydrogens (tertiary/aromatic N) is 1. The summed E-state index contributed by atoms with van der Waals surface area (Å²) in [6, 6.07) is 9.38. The average Bonchev–Trinajstić information content (AvgIpc) is 3.21. The number of sulfonamides is 1. The predicted octanol–water partition coefficient (Wildman–Crippen LogP) is 3.98. The van der Waals surface area contributed by atoms with Crippen LogP contribution in [0.1, 0.15) is 12.8 Å². The summed E-state index contributed by atoms with van der Waals surface area (Å²) in [5, 5.41) is 3.32. The van der Waals surface area contributed by atoms with Gasteiger partial charge < -0.3 is 10.1 Å². The first-order valence-electron chi connectivity index (χ1n) is 8.88. The van der Waals surface area contributed by atoms with Crippen LogP contribution in [-0.4, -0.2) is 43.8 Å². The molecule has 2 aromatic carbocycles. The molecule has 1 saturated heterocycles. The van der Waals surface area contributed by atoms with E-state index in [1.807, 2.05) is 0 Å². The van der Waals surface area contributed by atoms with E-state index in [0.717, 1.165) is 4.31 Å². The fourth-order valence-corrected chi connectivity index (χ4v) is 5.15. The van der Waals surface area contributed by atoms with E-state index in [-0.39, 0.29) is 27.2 Å². The maximum absolute atomic E-state index is 12.9. The minimum atomic E-state index is -3.91. The van der Waals surface area contributed by atoms with Crippen molar-refractivity contribution in [2.75, 3.05) is 18.5 Å². The van der Waals surface area contributed by atoms with E-state index in [2.05, 4.69) is 5.32 Å². The summed E-state index contributed by atoms with van der Waals surface area (Å²) in [6.45, 7) is -0.415. The molecule has 11 heteroatoms. The number of amides is 1. The number of anilines is 1. The number of halogens is 3. The molecule has 1 atom stereocenters. The van der Waals surface area contributed by atoms with Crippen molar-refractivity contribution < 1.29 is 22.7 Å². The fraction of sp³-hybridized carbons (Fsp3) is 0.263. The highest BCUT2D eigenvalue weighted by Gasteiger charge is 2.40. The minimum absolute atomic E-state index is 0.0277. The lowest BCUT2D eigenvalue weighted by atomic mass is 10.2. The molecule has 1 N–H and O–H groups in total. The van der Waals surface area contributed by atoms with Crippen molar-refractivity contribution in [3.8, 4) is 0 Å². The summed E-state index contributed by atoms with van der Waals surface area (Å²) < 4.78 is 31.9. The van der Waals surface area contributed by atoms with Crippen LogP contribution in [0.3, 0.4) is 0 Å². The molecule has 0 aliphatic carbocycles. The van der Waals surface area contributed by atoms with Crippen LogP contribution in [0.5, 0.6) is 0 Å². The Bertz CT molecular complexity index is 1060. The van der Waals surface area contributed by atoms with Gasteiger partial charge in [0, 0.05) is 11.6 Å². The second-order valence-corrected chi connectivity index (χ2v) is 9.60. The maximum atomic E-state index is 12.9. The van der Waals surface area contributed by atoms with Crippen LogP contribution >= 0.6 is 34.8 Å². The van der Waals surface area contributed by atoms with Crippen molar-refractivity contribution >= 4 is 62.4 Å². The second kappa shape index (κ2) is 9.53. The number of esters is 1. The monoisotopic (exact) mass is 490 g/mol. The zero-order chi connectivity index (χ0) is 21.9. The summed E-state index contributed by atoms with van der Waals surface area (Å²) in [6.07, 6.45) is 0.796. The Morgan fingerprint density at radius 3 is 2.50 bits per heavy atom. The van der Waals surface area contributed by atoms with Gasteiger partial charge in [0.05, 0.1) is 20.6 Å². The summed E-state index contributed by atoms with van der Waals surface area (Å²) in [5.41, 5.74) is 0.276. The predicted molar refractivity (Wildman–Crippen MR) is 114 cm³/mol. The van der Waals surface area contributed by atoms with Crippen LogP contribution in [0.25, 0.3) is 0 Å². The van der Waals surface area contributed by atoms with E-state index in [0.29, 0.717) is 17.9 Å². The average molecular weight is 492 g/mol. The summed E-state index contributed by atoms with van der Waals surface area (Å²) >= 11 is 17.7. The van der Waals surface area contributed by atoms with E-state index < -0.39 is 34.5 Å². The zero-order valence-corrected chi connectivity index (χ0v) is 18.6. The van der Waals surface area contributed by atoms with Crippen molar-refractivity contribution in [1.82, 2.24) is 4.31 Å². The maximum Gasteiger partial charge on any atom is 0.324 e. The zero-order valence-electron chi connectivity index (χ0n) is 15.5. The number of ether oxygens (including phenoxy) is 1. The van der Waals surface area contributed by atoms with Crippen LogP contribution in [0.4, 0.5) is 5.69 Å². The first-order valence-corrected chi connectivity index (χ1v) is 11.5. The van der Waals surface area contributed by atoms with E-state index in [1.54, 1.807) is 18.2 Å². The van der Waals surface area contributed by atoms with Gasteiger partial charge in [0.15, 0.2) is 6.61 Å². The SMILES string of the molecule is O=C(COC(=O)[C@@H]1CCCN1S(=O)(=O)c1ccc(Cl)cc1)Nc1cccc(Cl)c1Cl. The van der Waals surface area contributed by atoms with E-state index >= 15 is 0 Å². The Labute approximate surface area is 188 Å². The van der Waals surface area contributed by atoms with Crippen molar-refractivity contribution in [2.24, 2.45) is 0 Å². The van der Waals surface area contributed by atoms with Crippen molar-refractivity contribution in [3.05, 3.63) is 57.5 Å². The molecule has 160 valence electrons. The first kappa shape index (κ1) is 22.8. The molecular weight excluding hydrogens is 475 g/mol. The quantitative estimate of drug-likeness (QED) is 0.617. The number of hydrogen-bond donors (Lipinski definition) is 1. The molecule has 0 bridgehead atoms. The number of nitrogens with one attached hydrogen (secondary N) is 1. The third-order valence-electron chi connectivity index (χ3n) is 4.47. The third-order valence-corrected chi connectivity index (χ3v) is 7.46. The highest BCUT2D eigenvalue weighted by Crippen LogP contribution is 2.30. The molecule has 3 rings (SSSR count). The second-order valence-electron chi connectivity index (χ2n) is 6.48. The lowest BCUT2D eigenvalue weighted by molar-refractivity contribution is -0.150. The van der Waals surface area contributed by atoms with Gasteiger partial charge >= 0.3 is 5.97 Å². The number of rotatable bonds is 6. The Balaban J connectivity index is 1.63. The summed E-state index contributed by atoms with van der Waals surface area (Å²) in [5.74, 6) is -1.42. The molecule has 0 spiro atoms. The summed E-state index contributed by atoms with van der Waals surface area (Å²) in [7, 11) is -3.91. The van der Waals surface area contributed by atoms with Crippen LogP contribution in [0.15, 0.2) is 47.4 Å². The molecule has 1 heterocycles. The van der Waals surface area contributed by atoms with Gasteiger partial charge in [-0.1, -0.05) is 40.9 Å². The standard InChI is InChI=1S/C19H17Cl3N2O5S/c20-12-6-8-13(9-7-12)30(27,28)24-10-2-5-16(24)19(26)29-11-17(25)23-15-4-1-3-14(21)18(15)22/h1,3-4,6-9,16H,2,5,10-11H2,(H,23,25)/t16-/m0/s1. The lowest BCUT2D eigenvalue weighted by Gasteiger charge is -2.22. The minimum Gasteiger partial charge on any atom is -0.454 e. The molecule has 1 amide bonds. The first-order chi connectivity index (χ1) is 14.2. The van der Waals surface area contributed by atoms with Crippen molar-refractivity contribution in [1.29, 1.82) is 0 Å². The molecule has 1 aliphatic heterocycles. The molecule has 0 aromatic heterocycles. The number of hydrogen-bond acceptors (Lipinski definition) is 5. The van der Waals surface area contributed by atoms with Crippen molar-refractivity contribution in [3.63, 3.8) is 0 Å². The third kappa shape index (κ3) is 5.07. The van der Waals surface area contributed by atoms with Gasteiger partial charge in [-0.25, -0.2) is 8.42 Å². The molecule has 7 nitrogen and oxygen atoms in total. The molecule has 0 radical (unpaired) electrons. The van der Waals surface area contributed by atoms with Gasteiger partial charge in [0.1, 0.15) is 6.04 Å². The van der Waals surface area contributed by atoms with E-state index in [4.69, 9.17) is 39.5 Å². The lowest BCUT2D eigenvalue weighted by Crippen LogP contribution is -2.42. The van der Waals surface area contributed by atoms with Gasteiger partial charge in [-0.05, 0) is 49.2 Å².